The Morgan fingerprint density at radius 2 is 2.08 bits per heavy atom. The molecule has 2 N–H and O–H groups in total. The van der Waals surface area contributed by atoms with Crippen LogP contribution in [0.15, 0.2) is 24.3 Å². The third-order valence-electron chi connectivity index (χ3n) is 1.95. The highest BCUT2D eigenvalue weighted by atomic mass is 127. The first-order chi connectivity index (χ1) is 5.36. The van der Waals surface area contributed by atoms with Crippen LogP contribution in [0.3, 0.4) is 0 Å². The van der Waals surface area contributed by atoms with Crippen LogP contribution >= 0.6 is 24.0 Å². The lowest BCUT2D eigenvalue weighted by molar-refractivity contribution is 0.181. The third-order valence-corrected chi connectivity index (χ3v) is 1.95. The molecule has 66 valence electrons. The van der Waals surface area contributed by atoms with Crippen molar-refractivity contribution in [2.24, 2.45) is 5.73 Å². The van der Waals surface area contributed by atoms with Crippen LogP contribution in [0.25, 0.3) is 0 Å². The zero-order chi connectivity index (χ0) is 7.68. The van der Waals surface area contributed by atoms with Gasteiger partial charge < -0.3 is 4.74 Å². The molecule has 1 aromatic carbocycles. The van der Waals surface area contributed by atoms with Crippen molar-refractivity contribution in [1.82, 2.24) is 0 Å². The molecule has 0 spiro atoms. The van der Waals surface area contributed by atoms with E-state index in [0.717, 1.165) is 18.6 Å². The summed E-state index contributed by atoms with van der Waals surface area (Å²) >= 11 is 0. The Kier molecular flexibility index (Phi) is 3.34. The Bertz CT molecular complexity index is 264. The first-order valence-electron chi connectivity index (χ1n) is 3.86. The third kappa shape index (κ3) is 1.90. The molecule has 1 aromatic rings. The van der Waals surface area contributed by atoms with Crippen molar-refractivity contribution in [1.29, 1.82) is 0 Å². The number of ether oxygens (including phenoxy) is 1. The van der Waals surface area contributed by atoms with Gasteiger partial charge in [-0.05, 0) is 18.1 Å². The Labute approximate surface area is 89.1 Å². The minimum atomic E-state index is -0.107. The average Bonchev–Trinajstić information content (AvgIpc) is 2.04. The standard InChI is InChI=1S/C9H11NO.HI/c10-9-6-5-7-3-1-2-4-8(7)11-9;/h1-4,9H,5-6,10H2;1H. The summed E-state index contributed by atoms with van der Waals surface area (Å²) in [5, 5.41) is 0. The molecular formula is C9H12INO. The summed E-state index contributed by atoms with van der Waals surface area (Å²) < 4.78 is 5.41. The van der Waals surface area contributed by atoms with Crippen LogP contribution < -0.4 is 10.5 Å². The van der Waals surface area contributed by atoms with E-state index in [0.29, 0.717) is 0 Å². The molecule has 0 fully saturated rings. The topological polar surface area (TPSA) is 35.2 Å². The maximum absolute atomic E-state index is 5.63. The summed E-state index contributed by atoms with van der Waals surface area (Å²) in [6.45, 7) is 0. The number of benzene rings is 1. The van der Waals surface area contributed by atoms with Gasteiger partial charge in [0, 0.05) is 6.42 Å². The smallest absolute Gasteiger partial charge is 0.148 e. The predicted octanol–water partition coefficient (Wildman–Crippen LogP) is 1.91. The minimum Gasteiger partial charge on any atom is -0.475 e. The van der Waals surface area contributed by atoms with Crippen molar-refractivity contribution < 1.29 is 4.74 Å². The van der Waals surface area contributed by atoms with Gasteiger partial charge >= 0.3 is 0 Å². The number of hydrogen-bond acceptors (Lipinski definition) is 2. The normalized spacial score (nSPS) is 20.2. The summed E-state index contributed by atoms with van der Waals surface area (Å²) in [4.78, 5) is 0. The van der Waals surface area contributed by atoms with E-state index < -0.39 is 0 Å². The van der Waals surface area contributed by atoms with E-state index in [4.69, 9.17) is 10.5 Å². The van der Waals surface area contributed by atoms with Gasteiger partial charge in [0.1, 0.15) is 12.0 Å². The molecule has 0 saturated heterocycles. The van der Waals surface area contributed by atoms with E-state index in [1.165, 1.54) is 5.56 Å². The number of fused-ring (bicyclic) bond motifs is 1. The molecule has 0 saturated carbocycles. The summed E-state index contributed by atoms with van der Waals surface area (Å²) in [6.07, 6.45) is 1.86. The summed E-state index contributed by atoms with van der Waals surface area (Å²) in [5.74, 6) is 0.950. The maximum atomic E-state index is 5.63. The van der Waals surface area contributed by atoms with E-state index in [-0.39, 0.29) is 30.2 Å². The molecule has 2 nitrogen and oxygen atoms in total. The Morgan fingerprint density at radius 3 is 2.92 bits per heavy atom. The number of nitrogens with two attached hydrogens (primary N) is 1. The summed E-state index contributed by atoms with van der Waals surface area (Å²) in [7, 11) is 0. The van der Waals surface area contributed by atoms with Crippen molar-refractivity contribution in [3.63, 3.8) is 0 Å². The van der Waals surface area contributed by atoms with Crippen molar-refractivity contribution in [2.75, 3.05) is 0 Å². The van der Waals surface area contributed by atoms with Crippen LogP contribution in [0.1, 0.15) is 12.0 Å². The molecule has 1 aliphatic heterocycles. The molecule has 0 aromatic heterocycles. The van der Waals surface area contributed by atoms with Crippen LogP contribution in [-0.2, 0) is 6.42 Å². The lowest BCUT2D eigenvalue weighted by atomic mass is 10.1. The molecule has 12 heavy (non-hydrogen) atoms. The molecule has 0 aliphatic carbocycles. The fraction of sp³-hybridized carbons (Fsp3) is 0.333. The van der Waals surface area contributed by atoms with Crippen molar-refractivity contribution >= 4 is 24.0 Å². The second-order valence-corrected chi connectivity index (χ2v) is 2.80. The number of rotatable bonds is 0. The highest BCUT2D eigenvalue weighted by molar-refractivity contribution is 14.0. The minimum absolute atomic E-state index is 0. The Hall–Kier alpha value is -0.290. The van der Waals surface area contributed by atoms with Gasteiger partial charge in [-0.15, -0.1) is 24.0 Å². The molecule has 0 amide bonds. The van der Waals surface area contributed by atoms with Gasteiger partial charge in [0.25, 0.3) is 0 Å². The van der Waals surface area contributed by atoms with Gasteiger partial charge in [-0.1, -0.05) is 18.2 Å². The van der Waals surface area contributed by atoms with Crippen molar-refractivity contribution in [3.05, 3.63) is 29.8 Å². The lowest BCUT2D eigenvalue weighted by Crippen LogP contribution is -2.30. The summed E-state index contributed by atoms with van der Waals surface area (Å²) in [6, 6.07) is 8.05. The van der Waals surface area contributed by atoms with Crippen LogP contribution in [0.2, 0.25) is 0 Å². The Balaban J connectivity index is 0.000000720. The van der Waals surface area contributed by atoms with Gasteiger partial charge in [-0.3, -0.25) is 5.73 Å². The predicted molar refractivity (Wildman–Crippen MR) is 58.8 cm³/mol. The van der Waals surface area contributed by atoms with Gasteiger partial charge in [-0.25, -0.2) is 0 Å². The fourth-order valence-corrected chi connectivity index (χ4v) is 1.35. The van der Waals surface area contributed by atoms with Gasteiger partial charge in [0.2, 0.25) is 0 Å². The van der Waals surface area contributed by atoms with Gasteiger partial charge in [0.15, 0.2) is 0 Å². The average molecular weight is 277 g/mol. The fourth-order valence-electron chi connectivity index (χ4n) is 1.35. The van der Waals surface area contributed by atoms with E-state index >= 15 is 0 Å². The molecule has 0 radical (unpaired) electrons. The molecule has 1 unspecified atom stereocenters. The van der Waals surface area contributed by atoms with E-state index in [2.05, 4.69) is 6.07 Å². The van der Waals surface area contributed by atoms with Crippen molar-refractivity contribution in [3.8, 4) is 5.75 Å². The van der Waals surface area contributed by atoms with Gasteiger partial charge in [-0.2, -0.15) is 0 Å². The molecule has 1 aliphatic rings. The first-order valence-corrected chi connectivity index (χ1v) is 3.86. The first kappa shape index (κ1) is 9.80. The quantitative estimate of drug-likeness (QED) is 0.735. The zero-order valence-electron chi connectivity index (χ0n) is 6.69. The second-order valence-electron chi connectivity index (χ2n) is 2.80. The molecule has 3 heteroatoms. The molecule has 2 rings (SSSR count). The van der Waals surface area contributed by atoms with Crippen LogP contribution in [0.4, 0.5) is 0 Å². The highest BCUT2D eigenvalue weighted by Gasteiger charge is 2.14. The molecule has 1 atom stereocenters. The largest absolute Gasteiger partial charge is 0.475 e. The number of aryl methyl sites for hydroxylation is 1. The lowest BCUT2D eigenvalue weighted by Gasteiger charge is -2.22. The second kappa shape index (κ2) is 4.09. The van der Waals surface area contributed by atoms with E-state index in [1.807, 2.05) is 18.2 Å². The highest BCUT2D eigenvalue weighted by Crippen LogP contribution is 2.24. The summed E-state index contributed by atoms with van der Waals surface area (Å²) in [5.41, 5.74) is 6.90. The van der Waals surface area contributed by atoms with E-state index in [9.17, 15) is 0 Å². The van der Waals surface area contributed by atoms with Crippen molar-refractivity contribution in [2.45, 2.75) is 19.1 Å². The van der Waals surface area contributed by atoms with E-state index in [1.54, 1.807) is 0 Å². The van der Waals surface area contributed by atoms with Crippen LogP contribution in [-0.4, -0.2) is 6.23 Å². The zero-order valence-corrected chi connectivity index (χ0v) is 9.03. The molecule has 0 bridgehead atoms. The van der Waals surface area contributed by atoms with Crippen LogP contribution in [0, 0.1) is 0 Å². The van der Waals surface area contributed by atoms with Gasteiger partial charge in [0.05, 0.1) is 0 Å². The monoisotopic (exact) mass is 277 g/mol. The molecule has 1 heterocycles. The number of halogens is 1. The number of para-hydroxylation sites is 1. The van der Waals surface area contributed by atoms with Crippen LogP contribution in [0.5, 0.6) is 5.75 Å². The number of hydrogen-bond donors (Lipinski definition) is 1. The SMILES string of the molecule is I.NC1CCc2ccccc2O1. The maximum Gasteiger partial charge on any atom is 0.148 e. The molecular weight excluding hydrogens is 265 g/mol. The Morgan fingerprint density at radius 1 is 1.33 bits per heavy atom.